The molecule has 3 heteroatoms. The smallest absolute Gasteiger partial charge is 0.168 e. The molecule has 4 aromatic rings. The summed E-state index contributed by atoms with van der Waals surface area (Å²) in [4.78, 5) is 0. The maximum Gasteiger partial charge on any atom is 0.168 e. The molecule has 33 heavy (non-hydrogen) atoms. The van der Waals surface area contributed by atoms with Gasteiger partial charge < -0.3 is 9.47 Å². The zero-order chi connectivity index (χ0) is 22.8. The fourth-order valence-corrected chi connectivity index (χ4v) is 4.73. The lowest BCUT2D eigenvalue weighted by Gasteiger charge is -2.28. The van der Waals surface area contributed by atoms with Crippen LogP contribution >= 0.6 is 0 Å². The predicted molar refractivity (Wildman–Crippen MR) is 132 cm³/mol. The number of fused-ring (bicyclic) bond motifs is 1. The van der Waals surface area contributed by atoms with Crippen molar-refractivity contribution in [3.63, 3.8) is 0 Å². The van der Waals surface area contributed by atoms with E-state index in [1.165, 1.54) is 28.8 Å². The van der Waals surface area contributed by atoms with E-state index in [0.717, 1.165) is 34.4 Å². The van der Waals surface area contributed by atoms with Gasteiger partial charge in [-0.1, -0.05) is 78.9 Å². The molecule has 0 unspecified atom stereocenters. The van der Waals surface area contributed by atoms with E-state index in [9.17, 15) is 4.39 Å². The summed E-state index contributed by atoms with van der Waals surface area (Å²) in [5.74, 6) is 1.28. The summed E-state index contributed by atoms with van der Waals surface area (Å²) >= 11 is 0. The molecule has 0 aromatic heterocycles. The molecule has 0 fully saturated rings. The Morgan fingerprint density at radius 2 is 1.42 bits per heavy atom. The van der Waals surface area contributed by atoms with Crippen molar-refractivity contribution in [2.24, 2.45) is 0 Å². The molecule has 0 amide bonds. The molecule has 164 valence electrons. The van der Waals surface area contributed by atoms with Crippen LogP contribution in [0.1, 0.15) is 29.0 Å². The van der Waals surface area contributed by atoms with Crippen LogP contribution in [-0.4, -0.2) is 14.2 Å². The molecule has 0 N–H and O–H groups in total. The van der Waals surface area contributed by atoms with E-state index in [1.807, 2.05) is 30.3 Å². The molecule has 5 rings (SSSR count). The second-order valence-electron chi connectivity index (χ2n) is 8.17. The van der Waals surface area contributed by atoms with Gasteiger partial charge in [0.1, 0.15) is 5.82 Å². The average Bonchev–Trinajstić information content (AvgIpc) is 2.88. The molecule has 0 spiro atoms. The molecular weight excluding hydrogens is 411 g/mol. The maximum absolute atomic E-state index is 13.6. The van der Waals surface area contributed by atoms with Gasteiger partial charge in [0.05, 0.1) is 14.2 Å². The Balaban J connectivity index is 1.69. The molecule has 0 bridgehead atoms. The fourth-order valence-electron chi connectivity index (χ4n) is 4.73. The lowest BCUT2D eigenvalue weighted by Crippen LogP contribution is -2.10. The Kier molecular flexibility index (Phi) is 5.70. The minimum Gasteiger partial charge on any atom is -0.493 e. The molecule has 0 aliphatic heterocycles. The summed E-state index contributed by atoms with van der Waals surface area (Å²) in [5, 5.41) is 0. The molecule has 1 atom stereocenters. The molecule has 0 saturated carbocycles. The number of halogens is 1. The lowest BCUT2D eigenvalue weighted by atomic mass is 9.77. The van der Waals surface area contributed by atoms with Crippen LogP contribution in [0.25, 0.3) is 28.3 Å². The Morgan fingerprint density at radius 3 is 2.09 bits per heavy atom. The number of benzene rings is 4. The third-order valence-corrected chi connectivity index (χ3v) is 6.33. The summed E-state index contributed by atoms with van der Waals surface area (Å²) < 4.78 is 25.1. The largest absolute Gasteiger partial charge is 0.493 e. The molecule has 0 radical (unpaired) electrons. The normalized spacial score (nSPS) is 14.6. The van der Waals surface area contributed by atoms with E-state index >= 15 is 0 Å². The first kappa shape index (κ1) is 21.0. The van der Waals surface area contributed by atoms with E-state index in [0.29, 0.717) is 5.75 Å². The van der Waals surface area contributed by atoms with E-state index in [2.05, 4.69) is 54.6 Å². The van der Waals surface area contributed by atoms with E-state index in [4.69, 9.17) is 9.47 Å². The Labute approximate surface area is 193 Å². The summed E-state index contributed by atoms with van der Waals surface area (Å²) in [5.41, 5.74) is 7.83. The van der Waals surface area contributed by atoms with Crippen molar-refractivity contribution in [1.29, 1.82) is 0 Å². The fraction of sp³-hybridized carbons (Fsp3) is 0.133. The Hall–Kier alpha value is -3.85. The molecule has 0 saturated heterocycles. The third kappa shape index (κ3) is 3.91. The van der Waals surface area contributed by atoms with Gasteiger partial charge in [0, 0.05) is 11.5 Å². The van der Waals surface area contributed by atoms with Crippen molar-refractivity contribution in [1.82, 2.24) is 0 Å². The highest BCUT2D eigenvalue weighted by Gasteiger charge is 2.28. The van der Waals surface area contributed by atoms with Crippen LogP contribution < -0.4 is 9.47 Å². The SMILES string of the molecule is COc1cc(-c2ccc(-c3ccccc3)cc2)c2c(c1OC)C=CC[C@@H]2c1ccc(F)cc1. The maximum atomic E-state index is 13.6. The third-order valence-electron chi connectivity index (χ3n) is 6.33. The highest BCUT2D eigenvalue weighted by molar-refractivity contribution is 5.82. The van der Waals surface area contributed by atoms with Gasteiger partial charge in [0.2, 0.25) is 0 Å². The topological polar surface area (TPSA) is 18.5 Å². The van der Waals surface area contributed by atoms with Crippen molar-refractivity contribution < 1.29 is 13.9 Å². The summed E-state index contributed by atoms with van der Waals surface area (Å²) in [6.07, 6.45) is 5.10. The van der Waals surface area contributed by atoms with Crippen LogP contribution in [0.2, 0.25) is 0 Å². The average molecular weight is 437 g/mol. The van der Waals surface area contributed by atoms with Crippen LogP contribution in [0.5, 0.6) is 11.5 Å². The molecule has 1 aliphatic rings. The monoisotopic (exact) mass is 436 g/mol. The number of hydrogen-bond acceptors (Lipinski definition) is 2. The predicted octanol–water partition coefficient (Wildman–Crippen LogP) is 7.73. The first-order valence-corrected chi connectivity index (χ1v) is 11.1. The van der Waals surface area contributed by atoms with Crippen LogP contribution in [0.3, 0.4) is 0 Å². The van der Waals surface area contributed by atoms with Gasteiger partial charge in [-0.15, -0.1) is 0 Å². The number of rotatable bonds is 5. The van der Waals surface area contributed by atoms with Crippen LogP contribution in [0, 0.1) is 5.82 Å². The van der Waals surface area contributed by atoms with Gasteiger partial charge in [0.15, 0.2) is 11.5 Å². The van der Waals surface area contributed by atoms with Gasteiger partial charge in [-0.2, -0.15) is 0 Å². The van der Waals surface area contributed by atoms with Gasteiger partial charge >= 0.3 is 0 Å². The summed E-state index contributed by atoms with van der Waals surface area (Å²) in [6, 6.07) is 27.8. The second-order valence-corrected chi connectivity index (χ2v) is 8.17. The highest BCUT2D eigenvalue weighted by atomic mass is 19.1. The van der Waals surface area contributed by atoms with Gasteiger partial charge in [-0.3, -0.25) is 0 Å². The summed E-state index contributed by atoms with van der Waals surface area (Å²) in [6.45, 7) is 0. The van der Waals surface area contributed by atoms with E-state index < -0.39 is 0 Å². The zero-order valence-corrected chi connectivity index (χ0v) is 18.7. The molecular formula is C30H25FO2. The highest BCUT2D eigenvalue weighted by Crippen LogP contribution is 2.48. The van der Waals surface area contributed by atoms with Crippen molar-refractivity contribution in [2.45, 2.75) is 12.3 Å². The van der Waals surface area contributed by atoms with Gasteiger partial charge in [-0.25, -0.2) is 4.39 Å². The van der Waals surface area contributed by atoms with Crippen molar-refractivity contribution in [2.75, 3.05) is 14.2 Å². The van der Waals surface area contributed by atoms with Crippen molar-refractivity contribution in [3.05, 3.63) is 114 Å². The second kappa shape index (κ2) is 8.95. The van der Waals surface area contributed by atoms with Crippen LogP contribution in [0.15, 0.2) is 91.0 Å². The van der Waals surface area contributed by atoms with Crippen molar-refractivity contribution in [3.8, 4) is 33.8 Å². The van der Waals surface area contributed by atoms with Gasteiger partial charge in [0.25, 0.3) is 0 Å². The van der Waals surface area contributed by atoms with Crippen molar-refractivity contribution >= 4 is 6.08 Å². The number of methoxy groups -OCH3 is 2. The quantitative estimate of drug-likeness (QED) is 0.319. The van der Waals surface area contributed by atoms with Crippen LogP contribution in [0.4, 0.5) is 4.39 Å². The first-order chi connectivity index (χ1) is 16.2. The van der Waals surface area contributed by atoms with Gasteiger partial charge in [-0.05, 0) is 58.0 Å². The summed E-state index contributed by atoms with van der Waals surface area (Å²) in [7, 11) is 3.33. The number of allylic oxidation sites excluding steroid dienone is 1. The van der Waals surface area contributed by atoms with E-state index in [-0.39, 0.29) is 11.7 Å². The van der Waals surface area contributed by atoms with E-state index in [1.54, 1.807) is 14.2 Å². The minimum absolute atomic E-state index is 0.0919. The minimum atomic E-state index is -0.227. The molecule has 2 nitrogen and oxygen atoms in total. The first-order valence-electron chi connectivity index (χ1n) is 11.1. The Bertz CT molecular complexity index is 1290. The number of ether oxygens (including phenoxy) is 2. The molecule has 1 aliphatic carbocycles. The number of hydrogen-bond donors (Lipinski definition) is 0. The lowest BCUT2D eigenvalue weighted by molar-refractivity contribution is 0.353. The Morgan fingerprint density at radius 1 is 0.758 bits per heavy atom. The molecule has 0 heterocycles. The standard InChI is InChI=1S/C30H25FO2/c1-32-28-19-27(23-13-11-21(12-14-23)20-7-4-3-5-8-20)29-25(22-15-17-24(31)18-16-22)9-6-10-26(29)30(28)33-2/h3-8,10-19,25H,9H2,1-2H3/t25-/m1/s1. The zero-order valence-electron chi connectivity index (χ0n) is 18.7. The molecule has 4 aromatic carbocycles. The van der Waals surface area contributed by atoms with Crippen LogP contribution in [-0.2, 0) is 0 Å².